The van der Waals surface area contributed by atoms with Gasteiger partial charge in [-0.1, -0.05) is 6.07 Å². The Hall–Kier alpha value is -2.26. The fourth-order valence-corrected chi connectivity index (χ4v) is 2.40. The van der Waals surface area contributed by atoms with E-state index in [4.69, 9.17) is 11.0 Å². The second-order valence-corrected chi connectivity index (χ2v) is 5.12. The maximum absolute atomic E-state index is 11.7. The van der Waals surface area contributed by atoms with E-state index >= 15 is 0 Å². The number of carbonyl (C=O) groups is 1. The molecule has 1 fully saturated rings. The summed E-state index contributed by atoms with van der Waals surface area (Å²) in [5.74, 6) is -0.0114. The van der Waals surface area contributed by atoms with E-state index in [9.17, 15) is 4.79 Å². The molecule has 112 valence electrons. The van der Waals surface area contributed by atoms with Gasteiger partial charge in [-0.15, -0.1) is 0 Å². The molecule has 1 aromatic rings. The molecule has 0 spiro atoms. The number of nitrogens with zero attached hydrogens (tertiary/aromatic N) is 3. The van der Waals surface area contributed by atoms with E-state index < -0.39 is 0 Å². The largest absolute Gasteiger partial charge is 0.399 e. The van der Waals surface area contributed by atoms with Gasteiger partial charge >= 0.3 is 0 Å². The number of anilines is 2. The fraction of sp³-hybridized carbons (Fsp3) is 0.467. The Morgan fingerprint density at radius 1 is 1.33 bits per heavy atom. The molecule has 1 saturated heterocycles. The molecule has 1 heterocycles. The predicted molar refractivity (Wildman–Crippen MR) is 82.7 cm³/mol. The Balaban J connectivity index is 1.76. The summed E-state index contributed by atoms with van der Waals surface area (Å²) in [5, 5.41) is 11.2. The highest BCUT2D eigenvalue weighted by molar-refractivity contribution is 5.78. The third-order valence-electron chi connectivity index (χ3n) is 3.53. The fourth-order valence-electron chi connectivity index (χ4n) is 2.40. The first kappa shape index (κ1) is 15.1. The number of piperazine rings is 1. The highest BCUT2D eigenvalue weighted by atomic mass is 16.2. The van der Waals surface area contributed by atoms with E-state index in [0.717, 1.165) is 37.6 Å². The standard InChI is InChI=1S/C15H21N5O/c16-5-2-6-18-15(21)12-19-7-9-20(10-8-19)14-4-1-3-13(17)11-14/h1,3-4,11H,2,6-10,12,17H2,(H,18,21). The first-order chi connectivity index (χ1) is 10.2. The van der Waals surface area contributed by atoms with Crippen LogP contribution in [-0.4, -0.2) is 50.1 Å². The Labute approximate surface area is 125 Å². The summed E-state index contributed by atoms with van der Waals surface area (Å²) in [7, 11) is 0. The lowest BCUT2D eigenvalue weighted by atomic mass is 10.2. The number of amides is 1. The average molecular weight is 287 g/mol. The molecular weight excluding hydrogens is 266 g/mol. The first-order valence-electron chi connectivity index (χ1n) is 7.15. The number of nitrogens with one attached hydrogen (secondary N) is 1. The summed E-state index contributed by atoms with van der Waals surface area (Å²) >= 11 is 0. The van der Waals surface area contributed by atoms with Crippen LogP contribution in [0.3, 0.4) is 0 Å². The van der Waals surface area contributed by atoms with Crippen molar-refractivity contribution in [3.8, 4) is 6.07 Å². The quantitative estimate of drug-likeness (QED) is 0.605. The monoisotopic (exact) mass is 287 g/mol. The Kier molecular flexibility index (Phi) is 5.41. The zero-order valence-electron chi connectivity index (χ0n) is 12.1. The molecule has 0 atom stereocenters. The smallest absolute Gasteiger partial charge is 0.234 e. The molecule has 2 rings (SSSR count). The minimum Gasteiger partial charge on any atom is -0.399 e. The van der Waals surface area contributed by atoms with Crippen LogP contribution >= 0.6 is 0 Å². The number of rotatable bonds is 5. The molecule has 1 aliphatic heterocycles. The molecule has 3 N–H and O–H groups in total. The van der Waals surface area contributed by atoms with Crippen molar-refractivity contribution >= 4 is 17.3 Å². The molecule has 0 aliphatic carbocycles. The number of hydrogen-bond acceptors (Lipinski definition) is 5. The molecular formula is C15H21N5O. The topological polar surface area (TPSA) is 85.4 Å². The van der Waals surface area contributed by atoms with E-state index in [1.54, 1.807) is 0 Å². The van der Waals surface area contributed by atoms with Gasteiger partial charge < -0.3 is 16.0 Å². The summed E-state index contributed by atoms with van der Waals surface area (Å²) in [6.45, 7) is 4.29. The van der Waals surface area contributed by atoms with Crippen LogP contribution in [0.15, 0.2) is 24.3 Å². The predicted octanol–water partition coefficient (Wildman–Crippen LogP) is 0.421. The number of carbonyl (C=O) groups excluding carboxylic acids is 1. The number of nitrogens with two attached hydrogens (primary N) is 1. The zero-order valence-corrected chi connectivity index (χ0v) is 12.1. The van der Waals surface area contributed by atoms with Crippen molar-refractivity contribution in [3.05, 3.63) is 24.3 Å². The minimum absolute atomic E-state index is 0.0114. The van der Waals surface area contributed by atoms with E-state index in [2.05, 4.69) is 21.2 Å². The van der Waals surface area contributed by atoms with Crippen molar-refractivity contribution in [3.63, 3.8) is 0 Å². The Bertz CT molecular complexity index is 517. The highest BCUT2D eigenvalue weighted by Crippen LogP contribution is 2.18. The number of nitriles is 1. The maximum atomic E-state index is 11.7. The van der Waals surface area contributed by atoms with Gasteiger partial charge in [0.05, 0.1) is 19.0 Å². The molecule has 1 aliphatic rings. The second kappa shape index (κ2) is 7.50. The lowest BCUT2D eigenvalue weighted by Gasteiger charge is -2.35. The molecule has 0 radical (unpaired) electrons. The van der Waals surface area contributed by atoms with Gasteiger partial charge in [-0.05, 0) is 18.2 Å². The SMILES string of the molecule is N#CCCNC(=O)CN1CCN(c2cccc(N)c2)CC1. The summed E-state index contributed by atoms with van der Waals surface area (Å²) in [4.78, 5) is 16.1. The van der Waals surface area contributed by atoms with E-state index in [-0.39, 0.29) is 5.91 Å². The van der Waals surface area contributed by atoms with Crippen molar-refractivity contribution in [2.45, 2.75) is 6.42 Å². The van der Waals surface area contributed by atoms with Gasteiger partial charge in [0.25, 0.3) is 0 Å². The van der Waals surface area contributed by atoms with Crippen LogP contribution in [0.5, 0.6) is 0 Å². The van der Waals surface area contributed by atoms with Crippen molar-refractivity contribution < 1.29 is 4.79 Å². The average Bonchev–Trinajstić information content (AvgIpc) is 2.48. The Morgan fingerprint density at radius 2 is 2.10 bits per heavy atom. The van der Waals surface area contributed by atoms with Crippen LogP contribution in [0.25, 0.3) is 0 Å². The van der Waals surface area contributed by atoms with Crippen molar-refractivity contribution in [2.75, 3.05) is 49.9 Å². The molecule has 21 heavy (non-hydrogen) atoms. The summed E-state index contributed by atoms with van der Waals surface area (Å²) in [6.07, 6.45) is 0.356. The van der Waals surface area contributed by atoms with Gasteiger partial charge in [-0.3, -0.25) is 9.69 Å². The van der Waals surface area contributed by atoms with Crippen LogP contribution in [-0.2, 0) is 4.79 Å². The number of nitrogen functional groups attached to an aromatic ring is 1. The van der Waals surface area contributed by atoms with E-state index in [1.165, 1.54) is 0 Å². The first-order valence-corrected chi connectivity index (χ1v) is 7.15. The molecule has 0 unspecified atom stereocenters. The minimum atomic E-state index is -0.0114. The summed E-state index contributed by atoms with van der Waals surface area (Å²) in [5.41, 5.74) is 7.71. The van der Waals surface area contributed by atoms with Crippen molar-refractivity contribution in [1.29, 1.82) is 5.26 Å². The van der Waals surface area contributed by atoms with E-state index in [0.29, 0.717) is 19.5 Å². The van der Waals surface area contributed by atoms with Gasteiger partial charge in [0, 0.05) is 44.1 Å². The van der Waals surface area contributed by atoms with Gasteiger partial charge in [0.1, 0.15) is 0 Å². The number of benzene rings is 1. The maximum Gasteiger partial charge on any atom is 0.234 e. The molecule has 0 saturated carbocycles. The summed E-state index contributed by atoms with van der Waals surface area (Å²) < 4.78 is 0. The number of hydrogen-bond donors (Lipinski definition) is 2. The molecule has 0 aromatic heterocycles. The van der Waals surface area contributed by atoms with Gasteiger partial charge in [0.15, 0.2) is 0 Å². The summed E-state index contributed by atoms with van der Waals surface area (Å²) in [6, 6.07) is 9.88. The van der Waals surface area contributed by atoms with Gasteiger partial charge in [0.2, 0.25) is 5.91 Å². The van der Waals surface area contributed by atoms with Crippen LogP contribution < -0.4 is 16.0 Å². The molecule has 6 nitrogen and oxygen atoms in total. The van der Waals surface area contributed by atoms with Crippen molar-refractivity contribution in [2.24, 2.45) is 0 Å². The molecule has 1 aromatic carbocycles. The van der Waals surface area contributed by atoms with Crippen molar-refractivity contribution in [1.82, 2.24) is 10.2 Å². The third kappa shape index (κ3) is 4.65. The highest BCUT2D eigenvalue weighted by Gasteiger charge is 2.19. The van der Waals surface area contributed by atoms with Gasteiger partial charge in [-0.2, -0.15) is 5.26 Å². The second-order valence-electron chi connectivity index (χ2n) is 5.12. The van der Waals surface area contributed by atoms with Crippen LogP contribution in [0.4, 0.5) is 11.4 Å². The lowest BCUT2D eigenvalue weighted by molar-refractivity contribution is -0.122. The van der Waals surface area contributed by atoms with Crippen LogP contribution in [0, 0.1) is 11.3 Å². The normalized spacial score (nSPS) is 15.5. The Morgan fingerprint density at radius 3 is 2.76 bits per heavy atom. The van der Waals surface area contributed by atoms with E-state index in [1.807, 2.05) is 24.3 Å². The van der Waals surface area contributed by atoms with Crippen LogP contribution in [0.1, 0.15) is 6.42 Å². The van der Waals surface area contributed by atoms with Crippen LogP contribution in [0.2, 0.25) is 0 Å². The molecule has 6 heteroatoms. The lowest BCUT2D eigenvalue weighted by Crippen LogP contribution is -2.49. The molecule has 0 bridgehead atoms. The molecule has 1 amide bonds. The zero-order chi connectivity index (χ0) is 15.1. The van der Waals surface area contributed by atoms with Gasteiger partial charge in [-0.25, -0.2) is 0 Å². The third-order valence-corrected chi connectivity index (χ3v) is 3.53.